The summed E-state index contributed by atoms with van der Waals surface area (Å²) in [6.45, 7) is 8.37. The van der Waals surface area contributed by atoms with Crippen LogP contribution in [-0.2, 0) is 12.8 Å². The smallest absolute Gasteiger partial charge is 0.354 e. The number of nitrogens with zero attached hydrogens (tertiary/aromatic N) is 2. The molecule has 0 saturated heterocycles. The van der Waals surface area contributed by atoms with E-state index in [1.54, 1.807) is 11.3 Å². The fourth-order valence-electron chi connectivity index (χ4n) is 3.02. The van der Waals surface area contributed by atoms with E-state index in [2.05, 4.69) is 50.0 Å². The van der Waals surface area contributed by atoms with E-state index in [1.165, 1.54) is 10.4 Å². The normalized spacial score (nSPS) is 11.5. The number of aryl methyl sites for hydroxylation is 2. The largest absolute Gasteiger partial charge is 0.477 e. The van der Waals surface area contributed by atoms with Crippen molar-refractivity contribution in [1.82, 2.24) is 9.38 Å². The van der Waals surface area contributed by atoms with Crippen LogP contribution in [0.5, 0.6) is 0 Å². The number of fused-ring (bicyclic) bond motifs is 1. The number of carboxylic acid groups (broad SMARTS) is 1. The summed E-state index contributed by atoms with van der Waals surface area (Å²) in [5, 5.41) is 9.70. The third-order valence-corrected chi connectivity index (χ3v) is 5.52. The monoisotopic (exact) mass is 342 g/mol. The molecule has 1 aromatic carbocycles. The predicted molar refractivity (Wildman–Crippen MR) is 98.3 cm³/mol. The number of rotatable bonds is 5. The van der Waals surface area contributed by atoms with Crippen LogP contribution in [0, 0.1) is 0 Å². The Morgan fingerprint density at radius 2 is 1.88 bits per heavy atom. The maximum atomic E-state index is 11.8. The van der Waals surface area contributed by atoms with Crippen molar-refractivity contribution in [1.29, 1.82) is 0 Å². The van der Waals surface area contributed by atoms with Gasteiger partial charge in [0, 0.05) is 4.88 Å². The molecule has 1 N–H and O–H groups in total. The Labute approximate surface area is 145 Å². The van der Waals surface area contributed by atoms with Crippen LogP contribution in [0.15, 0.2) is 24.3 Å². The van der Waals surface area contributed by atoms with Gasteiger partial charge in [0.1, 0.15) is 0 Å². The third-order valence-electron chi connectivity index (χ3n) is 4.33. The van der Waals surface area contributed by atoms with Crippen molar-refractivity contribution in [3.05, 3.63) is 46.1 Å². The average molecular weight is 342 g/mol. The van der Waals surface area contributed by atoms with E-state index < -0.39 is 5.97 Å². The highest BCUT2D eigenvalue weighted by molar-refractivity contribution is 7.17. The van der Waals surface area contributed by atoms with Crippen LogP contribution in [0.25, 0.3) is 16.2 Å². The van der Waals surface area contributed by atoms with E-state index in [0.717, 1.165) is 22.6 Å². The topological polar surface area (TPSA) is 54.6 Å². The maximum absolute atomic E-state index is 11.8. The molecule has 0 amide bonds. The molecule has 0 unspecified atom stereocenters. The van der Waals surface area contributed by atoms with Crippen molar-refractivity contribution in [2.24, 2.45) is 0 Å². The number of carbonyl (C=O) groups is 1. The summed E-state index contributed by atoms with van der Waals surface area (Å²) in [6.07, 6.45) is 1.47. The molecule has 0 radical (unpaired) electrons. The Kier molecular flexibility index (Phi) is 4.45. The molecule has 0 aliphatic rings. The van der Waals surface area contributed by atoms with Crippen molar-refractivity contribution < 1.29 is 9.90 Å². The summed E-state index contributed by atoms with van der Waals surface area (Å²) >= 11 is 1.59. The summed E-state index contributed by atoms with van der Waals surface area (Å²) in [5.74, 6) is -0.443. The Hall–Kier alpha value is -2.14. The van der Waals surface area contributed by atoms with Crippen LogP contribution in [0.3, 0.4) is 0 Å². The fourth-order valence-corrected chi connectivity index (χ4v) is 4.12. The minimum absolute atomic E-state index is 0.298. The van der Waals surface area contributed by atoms with E-state index in [-0.39, 0.29) is 0 Å². The lowest BCUT2D eigenvalue weighted by Crippen LogP contribution is -2.06. The van der Waals surface area contributed by atoms with Crippen LogP contribution >= 0.6 is 11.3 Å². The molecular formula is C19H22N2O2S. The Balaban J connectivity index is 2.28. The van der Waals surface area contributed by atoms with Crippen molar-refractivity contribution in [3.8, 4) is 11.3 Å². The standard InChI is InChI=1S/C19H22N2O2S/c1-5-14-17(18(22)23)21-16(15(6-2)24-19(21)20-14)13-9-7-12(8-10-13)11(3)4/h7-11H,5-6H2,1-4H3,(H,22,23). The molecule has 0 spiro atoms. The van der Waals surface area contributed by atoms with E-state index >= 15 is 0 Å². The van der Waals surface area contributed by atoms with Crippen LogP contribution in [0.4, 0.5) is 0 Å². The van der Waals surface area contributed by atoms with E-state index in [0.29, 0.717) is 23.7 Å². The van der Waals surface area contributed by atoms with Gasteiger partial charge >= 0.3 is 5.97 Å². The molecule has 4 nitrogen and oxygen atoms in total. The highest BCUT2D eigenvalue weighted by atomic mass is 32.1. The zero-order valence-corrected chi connectivity index (χ0v) is 15.3. The van der Waals surface area contributed by atoms with Crippen molar-refractivity contribution in [3.63, 3.8) is 0 Å². The number of benzene rings is 1. The highest BCUT2D eigenvalue weighted by Gasteiger charge is 2.24. The van der Waals surface area contributed by atoms with Gasteiger partial charge in [0.05, 0.1) is 11.4 Å². The van der Waals surface area contributed by atoms with Gasteiger partial charge in [-0.1, -0.05) is 52.0 Å². The molecule has 24 heavy (non-hydrogen) atoms. The fraction of sp³-hybridized carbons (Fsp3) is 0.368. The number of thiazole rings is 1. The lowest BCUT2D eigenvalue weighted by molar-refractivity contribution is 0.0688. The minimum atomic E-state index is -0.917. The lowest BCUT2D eigenvalue weighted by Gasteiger charge is -2.09. The van der Waals surface area contributed by atoms with E-state index in [1.807, 2.05) is 11.3 Å². The Bertz CT molecular complexity index is 888. The molecule has 0 aliphatic heterocycles. The van der Waals surface area contributed by atoms with Gasteiger partial charge in [0.15, 0.2) is 10.7 Å². The van der Waals surface area contributed by atoms with Crippen molar-refractivity contribution >= 4 is 22.3 Å². The maximum Gasteiger partial charge on any atom is 0.354 e. The number of hydrogen-bond donors (Lipinski definition) is 1. The Morgan fingerprint density at radius 3 is 2.38 bits per heavy atom. The average Bonchev–Trinajstić information content (AvgIpc) is 3.09. The summed E-state index contributed by atoms with van der Waals surface area (Å²) < 4.78 is 1.83. The molecule has 0 fully saturated rings. The predicted octanol–water partition coefficient (Wildman–Crippen LogP) is 5.01. The first-order valence-electron chi connectivity index (χ1n) is 8.34. The van der Waals surface area contributed by atoms with Crippen LogP contribution in [-0.4, -0.2) is 20.5 Å². The van der Waals surface area contributed by atoms with Gasteiger partial charge < -0.3 is 5.11 Å². The summed E-state index contributed by atoms with van der Waals surface area (Å²) in [6, 6.07) is 8.43. The van der Waals surface area contributed by atoms with Gasteiger partial charge in [0.25, 0.3) is 0 Å². The number of imidazole rings is 1. The lowest BCUT2D eigenvalue weighted by atomic mass is 10.0. The molecule has 0 bridgehead atoms. The molecule has 0 atom stereocenters. The number of carboxylic acids is 1. The van der Waals surface area contributed by atoms with Gasteiger partial charge in [0.2, 0.25) is 0 Å². The molecule has 3 aromatic rings. The van der Waals surface area contributed by atoms with Gasteiger partial charge in [-0.2, -0.15) is 0 Å². The summed E-state index contributed by atoms with van der Waals surface area (Å²) in [7, 11) is 0. The first-order valence-corrected chi connectivity index (χ1v) is 9.16. The molecule has 126 valence electrons. The van der Waals surface area contributed by atoms with Crippen molar-refractivity contribution in [2.45, 2.75) is 46.5 Å². The van der Waals surface area contributed by atoms with Gasteiger partial charge in [-0.25, -0.2) is 9.78 Å². The second kappa shape index (κ2) is 6.40. The van der Waals surface area contributed by atoms with Gasteiger partial charge in [-0.15, -0.1) is 11.3 Å². The molecule has 0 saturated carbocycles. The molecule has 3 rings (SSSR count). The zero-order chi connectivity index (χ0) is 17.4. The number of aromatic carboxylic acids is 1. The second-order valence-electron chi connectivity index (χ2n) is 6.19. The SMILES string of the molecule is CCc1nc2sc(CC)c(-c3ccc(C(C)C)cc3)n2c1C(=O)O. The first kappa shape index (κ1) is 16.7. The van der Waals surface area contributed by atoms with Crippen LogP contribution < -0.4 is 0 Å². The van der Waals surface area contributed by atoms with Gasteiger partial charge in [-0.3, -0.25) is 4.40 Å². The first-order chi connectivity index (χ1) is 11.5. The zero-order valence-electron chi connectivity index (χ0n) is 14.5. The second-order valence-corrected chi connectivity index (χ2v) is 7.25. The molecule has 2 aromatic heterocycles. The summed E-state index contributed by atoms with van der Waals surface area (Å²) in [5.41, 5.74) is 4.24. The highest BCUT2D eigenvalue weighted by Crippen LogP contribution is 2.35. The molecular weight excluding hydrogens is 320 g/mol. The molecule has 0 aliphatic carbocycles. The minimum Gasteiger partial charge on any atom is -0.477 e. The van der Waals surface area contributed by atoms with E-state index in [4.69, 9.17) is 0 Å². The Morgan fingerprint density at radius 1 is 1.21 bits per heavy atom. The third kappa shape index (κ3) is 2.63. The summed E-state index contributed by atoms with van der Waals surface area (Å²) in [4.78, 5) is 18.3. The van der Waals surface area contributed by atoms with Crippen molar-refractivity contribution in [2.75, 3.05) is 0 Å². The number of aromatic nitrogens is 2. The molecule has 5 heteroatoms. The van der Waals surface area contributed by atoms with E-state index in [9.17, 15) is 9.90 Å². The quantitative estimate of drug-likeness (QED) is 0.709. The molecule has 2 heterocycles. The van der Waals surface area contributed by atoms with Crippen LogP contribution in [0.2, 0.25) is 0 Å². The van der Waals surface area contributed by atoms with Crippen LogP contribution in [0.1, 0.15) is 60.2 Å². The van der Waals surface area contributed by atoms with Gasteiger partial charge in [-0.05, 0) is 29.9 Å². The number of hydrogen-bond acceptors (Lipinski definition) is 3.